The first-order chi connectivity index (χ1) is 9.65. The molecule has 106 valence electrons. The Bertz CT molecular complexity index is 535. The molecule has 2 aromatic rings. The maximum atomic E-state index is 11.8. The van der Waals surface area contributed by atoms with E-state index in [9.17, 15) is 4.79 Å². The Labute approximate surface area is 118 Å². The van der Waals surface area contributed by atoms with Crippen LogP contribution in [0.25, 0.3) is 0 Å². The Morgan fingerprint density at radius 1 is 1.35 bits per heavy atom. The molecule has 0 radical (unpaired) electrons. The number of carbonyl (C=O) groups excluding carboxylic acids is 1. The highest BCUT2D eigenvalue weighted by Gasteiger charge is 2.11. The standard InChI is InChI=1S/C15H19N3O2/c1-12-5-7-14(8-6-12)13(2)20-15(19)4-3-10-18-11-9-16-17-18/h5-9,11,13H,3-4,10H2,1-2H3. The van der Waals surface area contributed by atoms with Crippen LogP contribution in [-0.2, 0) is 16.1 Å². The first-order valence-corrected chi connectivity index (χ1v) is 6.75. The molecule has 5 heteroatoms. The van der Waals surface area contributed by atoms with Gasteiger partial charge in [0.25, 0.3) is 0 Å². The summed E-state index contributed by atoms with van der Waals surface area (Å²) in [5.74, 6) is -0.182. The van der Waals surface area contributed by atoms with Crippen molar-refractivity contribution in [3.8, 4) is 0 Å². The molecule has 1 atom stereocenters. The molecule has 0 saturated carbocycles. The van der Waals surface area contributed by atoms with Crippen LogP contribution in [0.1, 0.15) is 37.0 Å². The van der Waals surface area contributed by atoms with Crippen molar-refractivity contribution in [3.05, 3.63) is 47.8 Å². The second-order valence-electron chi connectivity index (χ2n) is 4.81. The molecule has 2 rings (SSSR count). The number of hydrogen-bond donors (Lipinski definition) is 0. The summed E-state index contributed by atoms with van der Waals surface area (Å²) in [6.45, 7) is 4.60. The molecular weight excluding hydrogens is 254 g/mol. The second kappa shape index (κ2) is 6.84. The molecule has 0 N–H and O–H groups in total. The predicted molar refractivity (Wildman–Crippen MR) is 74.9 cm³/mol. The van der Waals surface area contributed by atoms with E-state index in [1.54, 1.807) is 17.1 Å². The van der Waals surface area contributed by atoms with Gasteiger partial charge in [0.1, 0.15) is 6.10 Å². The fourth-order valence-corrected chi connectivity index (χ4v) is 1.90. The number of nitrogens with zero attached hydrogens (tertiary/aromatic N) is 3. The molecule has 0 aliphatic rings. The molecule has 1 aromatic carbocycles. The molecule has 1 aromatic heterocycles. The second-order valence-corrected chi connectivity index (χ2v) is 4.81. The Kier molecular flexibility index (Phi) is 4.87. The van der Waals surface area contributed by atoms with Crippen molar-refractivity contribution in [1.29, 1.82) is 0 Å². The molecule has 0 fully saturated rings. The minimum absolute atomic E-state index is 0.182. The van der Waals surface area contributed by atoms with Crippen LogP contribution in [0.2, 0.25) is 0 Å². The summed E-state index contributed by atoms with van der Waals surface area (Å²) in [7, 11) is 0. The van der Waals surface area contributed by atoms with E-state index in [1.165, 1.54) is 5.56 Å². The van der Waals surface area contributed by atoms with E-state index in [-0.39, 0.29) is 12.1 Å². The predicted octanol–water partition coefficient (Wildman–Crippen LogP) is 2.67. The number of esters is 1. The molecule has 0 bridgehead atoms. The van der Waals surface area contributed by atoms with Crippen molar-refractivity contribution in [1.82, 2.24) is 15.0 Å². The summed E-state index contributed by atoms with van der Waals surface area (Å²) in [5, 5.41) is 7.56. The van der Waals surface area contributed by atoms with Crippen molar-refractivity contribution >= 4 is 5.97 Å². The summed E-state index contributed by atoms with van der Waals surface area (Å²) in [6, 6.07) is 8.01. The highest BCUT2D eigenvalue weighted by atomic mass is 16.5. The van der Waals surface area contributed by atoms with Crippen LogP contribution in [-0.4, -0.2) is 21.0 Å². The van der Waals surface area contributed by atoms with Crippen LogP contribution in [0.4, 0.5) is 0 Å². The van der Waals surface area contributed by atoms with Gasteiger partial charge in [-0.05, 0) is 25.8 Å². The summed E-state index contributed by atoms with van der Waals surface area (Å²) in [5.41, 5.74) is 2.21. The van der Waals surface area contributed by atoms with E-state index < -0.39 is 0 Å². The van der Waals surface area contributed by atoms with Gasteiger partial charge in [-0.15, -0.1) is 5.10 Å². The molecule has 5 nitrogen and oxygen atoms in total. The monoisotopic (exact) mass is 273 g/mol. The molecule has 20 heavy (non-hydrogen) atoms. The Balaban J connectivity index is 1.74. The van der Waals surface area contributed by atoms with Gasteiger partial charge >= 0.3 is 5.97 Å². The topological polar surface area (TPSA) is 57.0 Å². The van der Waals surface area contributed by atoms with Crippen molar-refractivity contribution < 1.29 is 9.53 Å². The summed E-state index contributed by atoms with van der Waals surface area (Å²) in [6.07, 6.45) is 4.27. The van der Waals surface area contributed by atoms with E-state index >= 15 is 0 Å². The van der Waals surface area contributed by atoms with E-state index in [1.807, 2.05) is 38.1 Å². The lowest BCUT2D eigenvalue weighted by atomic mass is 10.1. The van der Waals surface area contributed by atoms with E-state index in [0.29, 0.717) is 19.4 Å². The van der Waals surface area contributed by atoms with E-state index in [2.05, 4.69) is 10.3 Å². The van der Waals surface area contributed by atoms with Gasteiger partial charge in [-0.3, -0.25) is 9.48 Å². The number of hydrogen-bond acceptors (Lipinski definition) is 4. The Hall–Kier alpha value is -2.17. The molecule has 1 unspecified atom stereocenters. The Morgan fingerprint density at radius 3 is 2.75 bits per heavy atom. The minimum Gasteiger partial charge on any atom is -0.458 e. The Morgan fingerprint density at radius 2 is 2.10 bits per heavy atom. The number of benzene rings is 1. The summed E-state index contributed by atoms with van der Waals surface area (Å²) < 4.78 is 7.12. The molecule has 0 spiro atoms. The van der Waals surface area contributed by atoms with Crippen molar-refractivity contribution in [2.45, 2.75) is 39.3 Å². The highest BCUT2D eigenvalue weighted by molar-refractivity contribution is 5.69. The maximum absolute atomic E-state index is 11.8. The van der Waals surface area contributed by atoms with Gasteiger partial charge in [0.2, 0.25) is 0 Å². The van der Waals surface area contributed by atoms with Crippen LogP contribution >= 0.6 is 0 Å². The van der Waals surface area contributed by atoms with E-state index in [0.717, 1.165) is 5.56 Å². The quantitative estimate of drug-likeness (QED) is 0.759. The van der Waals surface area contributed by atoms with Crippen LogP contribution in [0.5, 0.6) is 0 Å². The van der Waals surface area contributed by atoms with Crippen LogP contribution in [0, 0.1) is 6.92 Å². The molecule has 0 aliphatic carbocycles. The van der Waals surface area contributed by atoms with Gasteiger partial charge in [-0.1, -0.05) is 35.0 Å². The number of ether oxygens (including phenoxy) is 1. The SMILES string of the molecule is Cc1ccc(C(C)OC(=O)CCCn2ccnn2)cc1. The number of aromatic nitrogens is 3. The smallest absolute Gasteiger partial charge is 0.306 e. The normalized spacial score (nSPS) is 12.1. The van der Waals surface area contributed by atoms with Gasteiger partial charge in [-0.2, -0.15) is 0 Å². The molecule has 0 aliphatic heterocycles. The molecular formula is C15H19N3O2. The van der Waals surface area contributed by atoms with Crippen LogP contribution in [0.15, 0.2) is 36.7 Å². The molecule has 0 amide bonds. The average molecular weight is 273 g/mol. The number of rotatable bonds is 6. The summed E-state index contributed by atoms with van der Waals surface area (Å²) in [4.78, 5) is 11.8. The third-order valence-corrected chi connectivity index (χ3v) is 3.10. The number of aryl methyl sites for hydroxylation is 2. The lowest BCUT2D eigenvalue weighted by Gasteiger charge is -2.13. The average Bonchev–Trinajstić information content (AvgIpc) is 2.92. The van der Waals surface area contributed by atoms with Gasteiger partial charge in [-0.25, -0.2) is 0 Å². The zero-order valence-electron chi connectivity index (χ0n) is 11.8. The fraction of sp³-hybridized carbons (Fsp3) is 0.400. The molecule has 1 heterocycles. The van der Waals surface area contributed by atoms with Crippen LogP contribution < -0.4 is 0 Å². The van der Waals surface area contributed by atoms with Gasteiger partial charge in [0.05, 0.1) is 6.20 Å². The summed E-state index contributed by atoms with van der Waals surface area (Å²) >= 11 is 0. The van der Waals surface area contributed by atoms with Crippen molar-refractivity contribution in [2.24, 2.45) is 0 Å². The highest BCUT2D eigenvalue weighted by Crippen LogP contribution is 2.18. The van der Waals surface area contributed by atoms with Gasteiger partial charge in [0.15, 0.2) is 0 Å². The third-order valence-electron chi connectivity index (χ3n) is 3.10. The zero-order chi connectivity index (χ0) is 14.4. The maximum Gasteiger partial charge on any atom is 0.306 e. The lowest BCUT2D eigenvalue weighted by molar-refractivity contribution is -0.148. The fourth-order valence-electron chi connectivity index (χ4n) is 1.90. The minimum atomic E-state index is -0.213. The van der Waals surface area contributed by atoms with Crippen LogP contribution in [0.3, 0.4) is 0 Å². The third kappa shape index (κ3) is 4.19. The van der Waals surface area contributed by atoms with Crippen molar-refractivity contribution in [2.75, 3.05) is 0 Å². The van der Waals surface area contributed by atoms with Gasteiger partial charge in [0, 0.05) is 19.2 Å². The lowest BCUT2D eigenvalue weighted by Crippen LogP contribution is -2.10. The van der Waals surface area contributed by atoms with Crippen molar-refractivity contribution in [3.63, 3.8) is 0 Å². The first kappa shape index (κ1) is 14.2. The van der Waals surface area contributed by atoms with E-state index in [4.69, 9.17) is 4.74 Å². The molecule has 0 saturated heterocycles. The first-order valence-electron chi connectivity index (χ1n) is 6.75. The van der Waals surface area contributed by atoms with Gasteiger partial charge < -0.3 is 4.74 Å². The largest absolute Gasteiger partial charge is 0.458 e. The zero-order valence-corrected chi connectivity index (χ0v) is 11.8. The number of carbonyl (C=O) groups is 1.